The molecule has 144 valence electrons. The molecule has 0 aliphatic carbocycles. The predicted octanol–water partition coefficient (Wildman–Crippen LogP) is 0.693. The van der Waals surface area contributed by atoms with Crippen LogP contribution in [0.25, 0.3) is 0 Å². The molecule has 1 N–H and O–H groups in total. The highest BCUT2D eigenvalue weighted by atomic mass is 32.2. The number of sulfonamides is 1. The lowest BCUT2D eigenvalue weighted by Crippen LogP contribution is -2.40. The fourth-order valence-corrected chi connectivity index (χ4v) is 5.14. The van der Waals surface area contributed by atoms with Gasteiger partial charge in [0.1, 0.15) is 0 Å². The molecule has 0 bridgehead atoms. The number of amides is 1. The van der Waals surface area contributed by atoms with E-state index < -0.39 is 21.9 Å². The van der Waals surface area contributed by atoms with Gasteiger partial charge in [-0.25, -0.2) is 8.42 Å². The van der Waals surface area contributed by atoms with Crippen LogP contribution in [0.15, 0.2) is 34.5 Å². The molecule has 0 unspecified atom stereocenters. The highest BCUT2D eigenvalue weighted by Gasteiger charge is 2.28. The first kappa shape index (κ1) is 19.5. The largest absolute Gasteiger partial charge is 0.545 e. The minimum atomic E-state index is -3.68. The van der Waals surface area contributed by atoms with Crippen LogP contribution in [0.3, 0.4) is 0 Å². The van der Waals surface area contributed by atoms with Gasteiger partial charge in [-0.2, -0.15) is 4.31 Å². The van der Waals surface area contributed by atoms with E-state index in [1.807, 2.05) is 0 Å². The molecule has 1 saturated heterocycles. The van der Waals surface area contributed by atoms with Crippen LogP contribution in [0.5, 0.6) is 0 Å². The van der Waals surface area contributed by atoms with Crippen molar-refractivity contribution >= 4 is 38.9 Å². The van der Waals surface area contributed by atoms with Gasteiger partial charge in [-0.05, 0) is 30.2 Å². The van der Waals surface area contributed by atoms with E-state index in [9.17, 15) is 23.1 Å². The number of anilines is 1. The molecule has 0 spiro atoms. The fourth-order valence-electron chi connectivity index (χ4n) is 2.58. The summed E-state index contributed by atoms with van der Waals surface area (Å²) in [6, 6.07) is 5.58. The molecule has 3 rings (SSSR count). The molecule has 2 heterocycles. The highest BCUT2D eigenvalue weighted by Crippen LogP contribution is 2.25. The van der Waals surface area contributed by atoms with Crippen LogP contribution in [-0.4, -0.2) is 50.9 Å². The second-order valence-corrected chi connectivity index (χ2v) is 8.78. The second-order valence-electron chi connectivity index (χ2n) is 5.93. The summed E-state index contributed by atoms with van der Waals surface area (Å²) < 4.78 is 31.7. The van der Waals surface area contributed by atoms with Crippen LogP contribution in [0.1, 0.15) is 25.6 Å². The third kappa shape index (κ3) is 4.19. The number of carboxylic acid groups (broad SMARTS) is 1. The van der Waals surface area contributed by atoms with E-state index in [1.54, 1.807) is 13.0 Å². The summed E-state index contributed by atoms with van der Waals surface area (Å²) in [4.78, 5) is 23.7. The maximum atomic E-state index is 12.6. The Morgan fingerprint density at radius 2 is 1.93 bits per heavy atom. The van der Waals surface area contributed by atoms with Crippen molar-refractivity contribution in [1.29, 1.82) is 0 Å². The molecule has 1 aromatic heterocycles. The van der Waals surface area contributed by atoms with Gasteiger partial charge in [0.25, 0.3) is 5.91 Å². The van der Waals surface area contributed by atoms with Crippen LogP contribution in [0.2, 0.25) is 0 Å². The summed E-state index contributed by atoms with van der Waals surface area (Å²) in [5.74, 6) is -1.86. The Labute approximate surface area is 160 Å². The SMILES string of the molecule is Cc1ccc(C(=O)[O-])cc1NC(=O)c1cc(S(=O)(=O)N2CCOCC2)cs1. The number of benzene rings is 1. The third-order valence-corrected chi connectivity index (χ3v) is 7.08. The van der Waals surface area contributed by atoms with Crippen molar-refractivity contribution in [3.05, 3.63) is 45.6 Å². The molecule has 8 nitrogen and oxygen atoms in total. The summed E-state index contributed by atoms with van der Waals surface area (Å²) in [6.45, 7) is 2.94. The van der Waals surface area contributed by atoms with Gasteiger partial charge in [0.2, 0.25) is 10.0 Å². The standard InChI is InChI=1S/C17H18N2O6S2/c1-11-2-3-12(17(21)22)8-14(11)18-16(20)15-9-13(10-26-15)27(23,24)19-4-6-25-7-5-19/h2-3,8-10H,4-7H2,1H3,(H,18,20)(H,21,22)/p-1. The molecule has 1 amide bonds. The number of aryl methyl sites for hydroxylation is 1. The zero-order valence-electron chi connectivity index (χ0n) is 14.4. The number of thiophene rings is 1. The van der Waals surface area contributed by atoms with Gasteiger partial charge >= 0.3 is 0 Å². The van der Waals surface area contributed by atoms with Crippen LogP contribution in [0.4, 0.5) is 5.69 Å². The number of carboxylic acids is 1. The van der Waals surface area contributed by atoms with Crippen LogP contribution >= 0.6 is 11.3 Å². The summed E-state index contributed by atoms with van der Waals surface area (Å²) in [5, 5.41) is 15.0. The lowest BCUT2D eigenvalue weighted by Gasteiger charge is -2.25. The van der Waals surface area contributed by atoms with Gasteiger partial charge in [-0.3, -0.25) is 4.79 Å². The van der Waals surface area contributed by atoms with Crippen LogP contribution in [-0.2, 0) is 14.8 Å². The van der Waals surface area contributed by atoms with Gasteiger partial charge in [-0.15, -0.1) is 11.3 Å². The van der Waals surface area contributed by atoms with Gasteiger partial charge in [0.05, 0.1) is 29.0 Å². The van der Waals surface area contributed by atoms with E-state index in [1.165, 1.54) is 27.9 Å². The number of rotatable bonds is 5. The zero-order valence-corrected chi connectivity index (χ0v) is 16.1. The number of carbonyl (C=O) groups is 2. The number of nitrogens with one attached hydrogen (secondary N) is 1. The Morgan fingerprint density at radius 1 is 1.22 bits per heavy atom. The van der Waals surface area contributed by atoms with Gasteiger partial charge in [0, 0.05) is 24.2 Å². The van der Waals surface area contributed by atoms with Crippen molar-refractivity contribution in [2.75, 3.05) is 31.6 Å². The van der Waals surface area contributed by atoms with Crippen molar-refractivity contribution in [3.63, 3.8) is 0 Å². The Morgan fingerprint density at radius 3 is 2.59 bits per heavy atom. The molecule has 2 aromatic rings. The lowest BCUT2D eigenvalue weighted by atomic mass is 10.1. The Balaban J connectivity index is 1.79. The Hall–Kier alpha value is -2.27. The van der Waals surface area contributed by atoms with E-state index in [2.05, 4.69) is 5.32 Å². The van der Waals surface area contributed by atoms with E-state index >= 15 is 0 Å². The number of morpholine rings is 1. The first-order valence-corrected chi connectivity index (χ1v) is 10.4. The average Bonchev–Trinajstić information content (AvgIpc) is 3.15. The number of hydrogen-bond acceptors (Lipinski definition) is 7. The topological polar surface area (TPSA) is 116 Å². The van der Waals surface area contributed by atoms with Gasteiger partial charge in [-0.1, -0.05) is 12.1 Å². The van der Waals surface area contributed by atoms with E-state index in [0.717, 1.165) is 11.3 Å². The monoisotopic (exact) mass is 409 g/mol. The molecule has 0 atom stereocenters. The first-order valence-electron chi connectivity index (χ1n) is 8.09. The first-order chi connectivity index (χ1) is 12.8. The van der Waals surface area contributed by atoms with Crippen molar-refractivity contribution in [2.45, 2.75) is 11.8 Å². The molecule has 27 heavy (non-hydrogen) atoms. The average molecular weight is 409 g/mol. The minimum absolute atomic E-state index is 0.0553. The molecular formula is C17H17N2O6S2-. The van der Waals surface area contributed by atoms with Crippen molar-refractivity contribution in [3.8, 4) is 0 Å². The van der Waals surface area contributed by atoms with Crippen molar-refractivity contribution in [2.24, 2.45) is 0 Å². The summed E-state index contributed by atoms with van der Waals surface area (Å²) >= 11 is 1.01. The number of hydrogen-bond donors (Lipinski definition) is 1. The van der Waals surface area contributed by atoms with Crippen molar-refractivity contribution in [1.82, 2.24) is 4.31 Å². The summed E-state index contributed by atoms with van der Waals surface area (Å²) in [7, 11) is -3.68. The molecule has 1 aromatic carbocycles. The molecule has 1 fully saturated rings. The smallest absolute Gasteiger partial charge is 0.265 e. The van der Waals surface area contributed by atoms with Crippen LogP contribution in [0, 0.1) is 6.92 Å². The van der Waals surface area contributed by atoms with Crippen molar-refractivity contribution < 1.29 is 27.9 Å². The molecule has 10 heteroatoms. The molecular weight excluding hydrogens is 392 g/mol. The fraction of sp³-hybridized carbons (Fsp3) is 0.294. The van der Waals surface area contributed by atoms with E-state index in [4.69, 9.17) is 4.74 Å². The number of nitrogens with zero attached hydrogens (tertiary/aromatic N) is 1. The number of aromatic carboxylic acids is 1. The number of carbonyl (C=O) groups excluding carboxylic acids is 2. The van der Waals surface area contributed by atoms with E-state index in [-0.39, 0.29) is 28.4 Å². The second kappa shape index (κ2) is 7.77. The molecule has 0 radical (unpaired) electrons. The summed E-state index contributed by atoms with van der Waals surface area (Å²) in [5.41, 5.74) is 0.941. The predicted molar refractivity (Wildman–Crippen MR) is 97.4 cm³/mol. The lowest BCUT2D eigenvalue weighted by molar-refractivity contribution is -0.255. The van der Waals surface area contributed by atoms with Crippen LogP contribution < -0.4 is 10.4 Å². The maximum Gasteiger partial charge on any atom is 0.265 e. The summed E-state index contributed by atoms with van der Waals surface area (Å²) in [6.07, 6.45) is 0. The van der Waals surface area contributed by atoms with Gasteiger partial charge < -0.3 is 20.0 Å². The highest BCUT2D eigenvalue weighted by molar-refractivity contribution is 7.89. The quantitative estimate of drug-likeness (QED) is 0.777. The molecule has 1 aliphatic heterocycles. The number of ether oxygens (including phenoxy) is 1. The van der Waals surface area contributed by atoms with Gasteiger partial charge in [0.15, 0.2) is 0 Å². The third-order valence-electron chi connectivity index (χ3n) is 4.13. The zero-order chi connectivity index (χ0) is 19.6. The Bertz CT molecular complexity index is 977. The molecule has 1 aliphatic rings. The molecule has 0 saturated carbocycles. The van der Waals surface area contributed by atoms with E-state index in [0.29, 0.717) is 24.5 Å². The maximum absolute atomic E-state index is 12.6. The Kier molecular flexibility index (Phi) is 5.61. The normalized spacial score (nSPS) is 15.4. The minimum Gasteiger partial charge on any atom is -0.545 e.